The molecule has 0 bridgehead atoms. The van der Waals surface area contributed by atoms with Crippen molar-refractivity contribution < 1.29 is 21.2 Å². The van der Waals surface area contributed by atoms with Crippen molar-refractivity contribution in [3.8, 4) is 0 Å². The van der Waals surface area contributed by atoms with Crippen LogP contribution in [0, 0.1) is 5.82 Å². The Morgan fingerprint density at radius 3 is 2.50 bits per heavy atom. The molecule has 2 aromatic carbocycles. The lowest BCUT2D eigenvalue weighted by Crippen LogP contribution is -3.00. The average molecular weight is 370 g/mol. The van der Waals surface area contributed by atoms with E-state index in [9.17, 15) is 4.39 Å². The van der Waals surface area contributed by atoms with E-state index < -0.39 is 0 Å². The third-order valence-corrected chi connectivity index (χ3v) is 3.71. The monoisotopic (exact) mass is 369 g/mol. The Labute approximate surface area is 155 Å². The minimum Gasteiger partial charge on any atom is -1.00 e. The first kappa shape index (κ1) is 17.7. The highest BCUT2D eigenvalue weighted by Gasteiger charge is 2.08. The van der Waals surface area contributed by atoms with Crippen molar-refractivity contribution in [1.29, 1.82) is 0 Å². The molecule has 7 heteroatoms. The van der Waals surface area contributed by atoms with Gasteiger partial charge in [-0.2, -0.15) is 4.98 Å². The van der Waals surface area contributed by atoms with E-state index >= 15 is 0 Å². The zero-order valence-electron chi connectivity index (χ0n) is 13.6. The predicted molar refractivity (Wildman–Crippen MR) is 95.3 cm³/mol. The van der Waals surface area contributed by atoms with Gasteiger partial charge in [0.25, 0.3) is 0 Å². The fourth-order valence-corrected chi connectivity index (χ4v) is 2.51. The molecule has 0 aliphatic carbocycles. The van der Waals surface area contributed by atoms with Crippen LogP contribution in [-0.4, -0.2) is 9.97 Å². The molecular formula is C19H15ClFN4O-. The van der Waals surface area contributed by atoms with Crippen LogP contribution in [0.15, 0.2) is 71.3 Å². The number of furan rings is 1. The second kappa shape index (κ2) is 7.84. The summed E-state index contributed by atoms with van der Waals surface area (Å²) in [5.41, 5.74) is 1.53. The Morgan fingerprint density at radius 1 is 0.923 bits per heavy atom. The lowest BCUT2D eigenvalue weighted by molar-refractivity contribution is -0.00000620. The Hall–Kier alpha value is -3.12. The van der Waals surface area contributed by atoms with Crippen molar-refractivity contribution in [3.05, 3.63) is 78.5 Å². The number of halogens is 2. The number of hydrogen-bond acceptors (Lipinski definition) is 5. The number of para-hydroxylation sites is 1. The Balaban J connectivity index is 0.00000196. The van der Waals surface area contributed by atoms with Gasteiger partial charge in [0, 0.05) is 11.1 Å². The van der Waals surface area contributed by atoms with Crippen LogP contribution in [0.5, 0.6) is 0 Å². The largest absolute Gasteiger partial charge is 1.00 e. The van der Waals surface area contributed by atoms with Crippen LogP contribution in [0.3, 0.4) is 0 Å². The van der Waals surface area contributed by atoms with Gasteiger partial charge >= 0.3 is 0 Å². The summed E-state index contributed by atoms with van der Waals surface area (Å²) in [6.45, 7) is 0.518. The molecule has 2 N–H and O–H groups in total. The quantitative estimate of drug-likeness (QED) is 0.561. The first-order valence-corrected chi connectivity index (χ1v) is 7.83. The minimum absolute atomic E-state index is 0. The van der Waals surface area contributed by atoms with Gasteiger partial charge in [-0.1, -0.05) is 12.1 Å². The van der Waals surface area contributed by atoms with Crippen molar-refractivity contribution in [2.75, 3.05) is 10.6 Å². The predicted octanol–water partition coefficient (Wildman–Crippen LogP) is 1.72. The highest BCUT2D eigenvalue weighted by molar-refractivity contribution is 5.90. The molecule has 0 saturated heterocycles. The van der Waals surface area contributed by atoms with Crippen LogP contribution in [0.1, 0.15) is 5.76 Å². The van der Waals surface area contributed by atoms with Crippen LogP contribution >= 0.6 is 0 Å². The number of fused-ring (bicyclic) bond motifs is 1. The number of nitrogens with one attached hydrogen (secondary N) is 2. The smallest absolute Gasteiger partial charge is 0.229 e. The standard InChI is InChI=1S/C19H15FN4O.ClH/c20-13-7-9-14(10-8-13)22-19-23-17-6-2-1-5-16(17)18(24-19)21-12-15-4-3-11-25-15;/h1-11H,12H2,(H2,21,22,23,24);1H/p-1. The van der Waals surface area contributed by atoms with Gasteiger partial charge in [-0.15, -0.1) is 0 Å². The van der Waals surface area contributed by atoms with Gasteiger partial charge in [0.05, 0.1) is 18.3 Å². The fourth-order valence-electron chi connectivity index (χ4n) is 2.51. The highest BCUT2D eigenvalue weighted by Crippen LogP contribution is 2.24. The fraction of sp³-hybridized carbons (Fsp3) is 0.0526. The molecule has 0 amide bonds. The second-order valence-corrected chi connectivity index (χ2v) is 5.48. The molecule has 2 heterocycles. The molecule has 4 rings (SSSR count). The first-order chi connectivity index (χ1) is 12.3. The lowest BCUT2D eigenvalue weighted by Gasteiger charge is -2.11. The number of nitrogens with zero attached hydrogens (tertiary/aromatic N) is 2. The van der Waals surface area contributed by atoms with Gasteiger partial charge in [0.15, 0.2) is 0 Å². The molecule has 0 spiro atoms. The Bertz CT molecular complexity index is 990. The van der Waals surface area contributed by atoms with E-state index in [0.29, 0.717) is 24.0 Å². The maximum absolute atomic E-state index is 13.1. The average Bonchev–Trinajstić information content (AvgIpc) is 3.15. The molecule has 0 aliphatic rings. The summed E-state index contributed by atoms with van der Waals surface area (Å²) in [5, 5.41) is 7.30. The summed E-state index contributed by atoms with van der Waals surface area (Å²) in [4.78, 5) is 9.07. The second-order valence-electron chi connectivity index (χ2n) is 5.48. The summed E-state index contributed by atoms with van der Waals surface area (Å²) >= 11 is 0. The molecular weight excluding hydrogens is 355 g/mol. The molecule has 0 radical (unpaired) electrons. The topological polar surface area (TPSA) is 63.0 Å². The van der Waals surface area contributed by atoms with E-state index in [4.69, 9.17) is 4.42 Å². The van der Waals surface area contributed by atoms with Crippen LogP contribution in [0.4, 0.5) is 21.8 Å². The molecule has 0 aliphatic heterocycles. The van der Waals surface area contributed by atoms with Crippen molar-refractivity contribution in [3.63, 3.8) is 0 Å². The zero-order chi connectivity index (χ0) is 17.1. The summed E-state index contributed by atoms with van der Waals surface area (Å²) in [7, 11) is 0. The van der Waals surface area contributed by atoms with Crippen molar-refractivity contribution >= 4 is 28.4 Å². The van der Waals surface area contributed by atoms with E-state index in [1.165, 1.54) is 12.1 Å². The molecule has 4 aromatic rings. The number of aromatic nitrogens is 2. The highest BCUT2D eigenvalue weighted by atomic mass is 35.5. The zero-order valence-corrected chi connectivity index (χ0v) is 14.4. The molecule has 0 unspecified atom stereocenters. The van der Waals surface area contributed by atoms with Gasteiger partial charge in [-0.05, 0) is 48.5 Å². The van der Waals surface area contributed by atoms with E-state index in [2.05, 4.69) is 20.6 Å². The maximum atomic E-state index is 13.1. The molecule has 26 heavy (non-hydrogen) atoms. The molecule has 132 valence electrons. The summed E-state index contributed by atoms with van der Waals surface area (Å²) in [6.07, 6.45) is 1.64. The molecule has 0 fully saturated rings. The van der Waals surface area contributed by atoms with Gasteiger partial charge in [0.2, 0.25) is 5.95 Å². The van der Waals surface area contributed by atoms with Gasteiger partial charge in [0.1, 0.15) is 17.4 Å². The van der Waals surface area contributed by atoms with Crippen LogP contribution in [-0.2, 0) is 6.54 Å². The normalized spacial score (nSPS) is 10.3. The van der Waals surface area contributed by atoms with Crippen molar-refractivity contribution in [1.82, 2.24) is 9.97 Å². The molecule has 5 nitrogen and oxygen atoms in total. The number of benzene rings is 2. The van der Waals surface area contributed by atoms with Gasteiger partial charge < -0.3 is 27.5 Å². The van der Waals surface area contributed by atoms with E-state index in [1.54, 1.807) is 18.4 Å². The number of anilines is 3. The first-order valence-electron chi connectivity index (χ1n) is 7.83. The van der Waals surface area contributed by atoms with Crippen molar-refractivity contribution in [2.24, 2.45) is 0 Å². The third-order valence-electron chi connectivity index (χ3n) is 3.71. The third kappa shape index (κ3) is 3.92. The summed E-state index contributed by atoms with van der Waals surface area (Å²) < 4.78 is 18.4. The van der Waals surface area contributed by atoms with Crippen LogP contribution in [0.2, 0.25) is 0 Å². The van der Waals surface area contributed by atoms with Crippen LogP contribution < -0.4 is 23.0 Å². The van der Waals surface area contributed by atoms with Gasteiger partial charge in [-0.3, -0.25) is 0 Å². The molecule has 0 atom stereocenters. The Morgan fingerprint density at radius 2 is 1.73 bits per heavy atom. The van der Waals surface area contributed by atoms with E-state index in [-0.39, 0.29) is 18.2 Å². The van der Waals surface area contributed by atoms with Crippen molar-refractivity contribution in [2.45, 2.75) is 6.54 Å². The number of hydrogen-bond donors (Lipinski definition) is 2. The summed E-state index contributed by atoms with van der Waals surface area (Å²) in [6, 6.07) is 17.5. The van der Waals surface area contributed by atoms with E-state index in [0.717, 1.165) is 16.7 Å². The summed E-state index contributed by atoms with van der Waals surface area (Å²) in [5.74, 6) is 1.67. The maximum Gasteiger partial charge on any atom is 0.229 e. The molecule has 0 saturated carbocycles. The Kier molecular flexibility index (Phi) is 5.34. The van der Waals surface area contributed by atoms with Crippen LogP contribution in [0.25, 0.3) is 10.9 Å². The molecule has 2 aromatic heterocycles. The SMILES string of the molecule is Fc1ccc(Nc2nc(NCc3ccco3)c3ccccc3n2)cc1.[Cl-]. The van der Waals surface area contributed by atoms with E-state index in [1.807, 2.05) is 36.4 Å². The lowest BCUT2D eigenvalue weighted by atomic mass is 10.2. The van der Waals surface area contributed by atoms with Gasteiger partial charge in [-0.25, -0.2) is 9.37 Å². The minimum atomic E-state index is -0.286. The number of rotatable bonds is 5.